The summed E-state index contributed by atoms with van der Waals surface area (Å²) >= 11 is 1.36. The fourth-order valence-corrected chi connectivity index (χ4v) is 4.62. The Hall–Kier alpha value is -1.82. The van der Waals surface area contributed by atoms with E-state index in [0.717, 1.165) is 12.8 Å². The first-order chi connectivity index (χ1) is 13.0. The van der Waals surface area contributed by atoms with E-state index in [4.69, 9.17) is 0 Å². The second-order valence-electron chi connectivity index (χ2n) is 7.57. The molecule has 1 aromatic heterocycles. The second-order valence-corrected chi connectivity index (χ2v) is 8.51. The third-order valence-electron chi connectivity index (χ3n) is 5.60. The molecule has 2 aromatic rings. The minimum Gasteiger partial charge on any atom is -0.352 e. The van der Waals surface area contributed by atoms with E-state index in [1.54, 1.807) is 4.57 Å². The van der Waals surface area contributed by atoms with Gasteiger partial charge in [-0.1, -0.05) is 50.6 Å². The van der Waals surface area contributed by atoms with Gasteiger partial charge in [-0.05, 0) is 44.2 Å². The van der Waals surface area contributed by atoms with Crippen molar-refractivity contribution in [1.82, 2.24) is 14.9 Å². The predicted octanol–water partition coefficient (Wildman–Crippen LogP) is 4.15. The van der Waals surface area contributed by atoms with Crippen molar-refractivity contribution in [2.24, 2.45) is 5.92 Å². The largest absolute Gasteiger partial charge is 0.352 e. The Morgan fingerprint density at radius 1 is 1.33 bits per heavy atom. The van der Waals surface area contributed by atoms with Crippen LogP contribution in [0.1, 0.15) is 58.9 Å². The molecule has 3 rings (SSSR count). The van der Waals surface area contributed by atoms with Crippen LogP contribution in [-0.2, 0) is 4.79 Å². The molecular formula is C21H29N3O2S. The molecule has 3 unspecified atom stereocenters. The molecule has 27 heavy (non-hydrogen) atoms. The molecule has 0 spiro atoms. The standard InChI is InChI=1S/C21H29N3O2S/c1-4-15(3)24-20(26)16-10-6-8-12-18(16)23-21(24)27-13-19(25)22-17-11-7-5-9-14(17)2/h6,8,10,12,14-15,17H,4-5,7,9,11,13H2,1-3H3,(H,22,25). The molecule has 1 saturated carbocycles. The smallest absolute Gasteiger partial charge is 0.262 e. The number of fused-ring (bicyclic) bond motifs is 1. The summed E-state index contributed by atoms with van der Waals surface area (Å²) in [7, 11) is 0. The van der Waals surface area contributed by atoms with E-state index in [1.807, 2.05) is 31.2 Å². The average Bonchev–Trinajstić information content (AvgIpc) is 2.68. The van der Waals surface area contributed by atoms with E-state index in [1.165, 1.54) is 31.0 Å². The van der Waals surface area contributed by atoms with Crippen LogP contribution in [0, 0.1) is 5.92 Å². The van der Waals surface area contributed by atoms with Gasteiger partial charge in [0.2, 0.25) is 5.91 Å². The molecule has 146 valence electrons. The maximum absolute atomic E-state index is 13.0. The highest BCUT2D eigenvalue weighted by Gasteiger charge is 2.23. The number of hydrogen-bond acceptors (Lipinski definition) is 4. The van der Waals surface area contributed by atoms with Gasteiger partial charge in [-0.2, -0.15) is 0 Å². The Morgan fingerprint density at radius 3 is 2.81 bits per heavy atom. The summed E-state index contributed by atoms with van der Waals surface area (Å²) in [4.78, 5) is 30.1. The van der Waals surface area contributed by atoms with Crippen LogP contribution in [-0.4, -0.2) is 27.3 Å². The maximum Gasteiger partial charge on any atom is 0.262 e. The fraction of sp³-hybridized carbons (Fsp3) is 0.571. The molecule has 0 bridgehead atoms. The highest BCUT2D eigenvalue weighted by molar-refractivity contribution is 7.99. The van der Waals surface area contributed by atoms with E-state index in [-0.39, 0.29) is 29.3 Å². The molecule has 6 heteroatoms. The first-order valence-corrected chi connectivity index (χ1v) is 10.9. The van der Waals surface area contributed by atoms with Gasteiger partial charge < -0.3 is 5.32 Å². The number of amides is 1. The lowest BCUT2D eigenvalue weighted by Gasteiger charge is -2.29. The molecule has 1 amide bonds. The van der Waals surface area contributed by atoms with Gasteiger partial charge in [0, 0.05) is 12.1 Å². The highest BCUT2D eigenvalue weighted by atomic mass is 32.2. The van der Waals surface area contributed by atoms with E-state index in [0.29, 0.717) is 22.0 Å². The third kappa shape index (κ3) is 4.54. The molecule has 0 aliphatic heterocycles. The van der Waals surface area contributed by atoms with Crippen LogP contribution in [0.25, 0.3) is 10.9 Å². The normalized spacial score (nSPS) is 21.1. The monoisotopic (exact) mass is 387 g/mol. The summed E-state index contributed by atoms with van der Waals surface area (Å²) in [6, 6.07) is 7.72. The molecule has 1 N–H and O–H groups in total. The Morgan fingerprint density at radius 2 is 2.07 bits per heavy atom. The summed E-state index contributed by atoms with van der Waals surface area (Å²) in [5, 5.41) is 4.43. The molecule has 1 fully saturated rings. The Balaban J connectivity index is 1.79. The zero-order chi connectivity index (χ0) is 19.4. The number of benzene rings is 1. The van der Waals surface area contributed by atoms with E-state index < -0.39 is 0 Å². The molecule has 1 heterocycles. The van der Waals surface area contributed by atoms with Crippen molar-refractivity contribution >= 4 is 28.6 Å². The van der Waals surface area contributed by atoms with E-state index in [2.05, 4.69) is 24.1 Å². The van der Waals surface area contributed by atoms with Crippen LogP contribution in [0.2, 0.25) is 0 Å². The molecule has 5 nitrogen and oxygen atoms in total. The van der Waals surface area contributed by atoms with Gasteiger partial charge in [-0.3, -0.25) is 14.2 Å². The Bertz CT molecular complexity index is 864. The van der Waals surface area contributed by atoms with Crippen LogP contribution in [0.5, 0.6) is 0 Å². The van der Waals surface area contributed by atoms with Gasteiger partial charge in [-0.25, -0.2) is 4.98 Å². The summed E-state index contributed by atoms with van der Waals surface area (Å²) in [6.45, 7) is 6.28. The van der Waals surface area contributed by atoms with Gasteiger partial charge >= 0.3 is 0 Å². The first kappa shape index (κ1) is 19.9. The predicted molar refractivity (Wildman–Crippen MR) is 111 cm³/mol. The molecule has 3 atom stereocenters. The van der Waals surface area contributed by atoms with Gasteiger partial charge in [0.15, 0.2) is 5.16 Å². The van der Waals surface area contributed by atoms with Crippen molar-refractivity contribution in [3.63, 3.8) is 0 Å². The number of aromatic nitrogens is 2. The van der Waals surface area contributed by atoms with Crippen molar-refractivity contribution in [1.29, 1.82) is 0 Å². The molecular weight excluding hydrogens is 358 g/mol. The lowest BCUT2D eigenvalue weighted by Crippen LogP contribution is -2.42. The minimum atomic E-state index is -0.0289. The van der Waals surface area contributed by atoms with Crippen LogP contribution in [0.4, 0.5) is 0 Å². The number of thioether (sulfide) groups is 1. The molecule has 1 aromatic carbocycles. The van der Waals surface area contributed by atoms with Crippen LogP contribution in [0.15, 0.2) is 34.2 Å². The van der Waals surface area contributed by atoms with Crippen molar-refractivity contribution in [2.75, 3.05) is 5.75 Å². The topological polar surface area (TPSA) is 64.0 Å². The maximum atomic E-state index is 13.0. The van der Waals surface area contributed by atoms with Crippen LogP contribution in [0.3, 0.4) is 0 Å². The van der Waals surface area contributed by atoms with Crippen molar-refractivity contribution in [2.45, 2.75) is 70.1 Å². The summed E-state index contributed by atoms with van der Waals surface area (Å²) in [5.74, 6) is 0.839. The molecule has 1 aliphatic rings. The number of nitrogens with zero attached hydrogens (tertiary/aromatic N) is 2. The summed E-state index contributed by atoms with van der Waals surface area (Å²) in [6.07, 6.45) is 5.51. The lowest BCUT2D eigenvalue weighted by atomic mass is 9.86. The summed E-state index contributed by atoms with van der Waals surface area (Å²) < 4.78 is 1.74. The fourth-order valence-electron chi connectivity index (χ4n) is 3.71. The zero-order valence-electron chi connectivity index (χ0n) is 16.4. The third-order valence-corrected chi connectivity index (χ3v) is 6.55. The van der Waals surface area contributed by atoms with Crippen LogP contribution < -0.4 is 10.9 Å². The number of hydrogen-bond donors (Lipinski definition) is 1. The number of carbonyl (C=O) groups is 1. The van der Waals surface area contributed by atoms with Crippen molar-refractivity contribution in [3.05, 3.63) is 34.6 Å². The molecule has 0 saturated heterocycles. The van der Waals surface area contributed by atoms with Gasteiger partial charge in [0.05, 0.1) is 16.7 Å². The van der Waals surface area contributed by atoms with Crippen molar-refractivity contribution < 1.29 is 4.79 Å². The second kappa shape index (κ2) is 8.91. The number of nitrogens with one attached hydrogen (secondary N) is 1. The van der Waals surface area contributed by atoms with Gasteiger partial charge in [-0.15, -0.1) is 0 Å². The zero-order valence-corrected chi connectivity index (χ0v) is 17.2. The van der Waals surface area contributed by atoms with E-state index in [9.17, 15) is 9.59 Å². The number of rotatable bonds is 6. The SMILES string of the molecule is CCC(C)n1c(SCC(=O)NC2CCCCC2C)nc2ccccc2c1=O. The van der Waals surface area contributed by atoms with E-state index >= 15 is 0 Å². The minimum absolute atomic E-state index is 0.0249. The lowest BCUT2D eigenvalue weighted by molar-refractivity contribution is -0.119. The average molecular weight is 388 g/mol. The van der Waals surface area contributed by atoms with Gasteiger partial charge in [0.1, 0.15) is 0 Å². The first-order valence-electron chi connectivity index (χ1n) is 9.94. The number of carbonyl (C=O) groups excluding carboxylic acids is 1. The quantitative estimate of drug-likeness (QED) is 0.597. The Kier molecular flexibility index (Phi) is 6.58. The summed E-state index contributed by atoms with van der Waals surface area (Å²) in [5.41, 5.74) is 0.657. The van der Waals surface area contributed by atoms with Gasteiger partial charge in [0.25, 0.3) is 5.56 Å². The van der Waals surface area contributed by atoms with Crippen LogP contribution >= 0.6 is 11.8 Å². The highest BCUT2D eigenvalue weighted by Crippen LogP contribution is 2.25. The molecule has 1 aliphatic carbocycles. The van der Waals surface area contributed by atoms with Crippen molar-refractivity contribution in [3.8, 4) is 0 Å². The number of para-hydroxylation sites is 1. The molecule has 0 radical (unpaired) electrons. The Labute approximate surface area is 164 Å².